The van der Waals surface area contributed by atoms with Crippen molar-refractivity contribution >= 4 is 19.7 Å². The molecule has 0 aliphatic heterocycles. The zero-order valence-electron chi connectivity index (χ0n) is 8.11. The highest BCUT2D eigenvalue weighted by Gasteiger charge is 2.33. The quantitative estimate of drug-likeness (QED) is 0.786. The van der Waals surface area contributed by atoms with Crippen molar-refractivity contribution in [2.45, 2.75) is 36.6 Å². The number of nitrogens with zero attached hydrogens (tertiary/aromatic N) is 2. The standard InChI is InChI=1S/C8H9ClF2N2O2S/c9-16(14,15)6-3-13(4-7(10)11)12-8(6)5-1-2-5/h3,5,7H,1-2,4H2. The van der Waals surface area contributed by atoms with Gasteiger partial charge in [-0.25, -0.2) is 17.2 Å². The van der Waals surface area contributed by atoms with Crippen LogP contribution in [0.15, 0.2) is 11.1 Å². The summed E-state index contributed by atoms with van der Waals surface area (Å²) in [6.07, 6.45) is 0.149. The average Bonchev–Trinajstić information content (AvgIpc) is 2.86. The van der Waals surface area contributed by atoms with Crippen LogP contribution in [0.1, 0.15) is 24.5 Å². The van der Waals surface area contributed by atoms with E-state index in [9.17, 15) is 17.2 Å². The fourth-order valence-electron chi connectivity index (χ4n) is 1.48. The fourth-order valence-corrected chi connectivity index (χ4v) is 2.54. The lowest BCUT2D eigenvalue weighted by molar-refractivity contribution is 0.121. The molecule has 1 aromatic rings. The molecule has 0 atom stereocenters. The van der Waals surface area contributed by atoms with Gasteiger partial charge in [-0.15, -0.1) is 0 Å². The number of rotatable bonds is 4. The molecule has 0 radical (unpaired) electrons. The van der Waals surface area contributed by atoms with Gasteiger partial charge in [0.05, 0.1) is 5.69 Å². The maximum absolute atomic E-state index is 12.1. The summed E-state index contributed by atoms with van der Waals surface area (Å²) in [5, 5.41) is 3.85. The maximum atomic E-state index is 12.1. The van der Waals surface area contributed by atoms with E-state index in [-0.39, 0.29) is 10.8 Å². The first-order valence-electron chi connectivity index (χ1n) is 4.68. The smallest absolute Gasteiger partial charge is 0.264 e. The van der Waals surface area contributed by atoms with Crippen molar-refractivity contribution in [2.75, 3.05) is 0 Å². The molecule has 1 aliphatic carbocycles. The summed E-state index contributed by atoms with van der Waals surface area (Å²) in [6.45, 7) is -0.619. The van der Waals surface area contributed by atoms with Crippen LogP contribution < -0.4 is 0 Å². The molecule has 0 aromatic carbocycles. The third-order valence-electron chi connectivity index (χ3n) is 2.31. The predicted molar refractivity (Wildman–Crippen MR) is 53.2 cm³/mol. The van der Waals surface area contributed by atoms with Gasteiger partial charge in [0.15, 0.2) is 0 Å². The van der Waals surface area contributed by atoms with E-state index in [2.05, 4.69) is 5.10 Å². The molecule has 0 bridgehead atoms. The minimum absolute atomic E-state index is 0.0439. The van der Waals surface area contributed by atoms with Gasteiger partial charge in [-0.3, -0.25) is 4.68 Å². The Morgan fingerprint density at radius 3 is 2.62 bits per heavy atom. The Bertz CT molecular complexity index is 496. The molecule has 0 spiro atoms. The van der Waals surface area contributed by atoms with Gasteiger partial charge in [-0.2, -0.15) is 5.10 Å². The first-order chi connectivity index (χ1) is 7.38. The van der Waals surface area contributed by atoms with E-state index in [0.717, 1.165) is 23.7 Å². The summed E-state index contributed by atoms with van der Waals surface area (Å²) in [5.41, 5.74) is 0.315. The van der Waals surface area contributed by atoms with Crippen molar-refractivity contribution in [1.29, 1.82) is 0 Å². The summed E-state index contributed by atoms with van der Waals surface area (Å²) in [7, 11) is 1.31. The van der Waals surface area contributed by atoms with E-state index in [1.165, 1.54) is 0 Å². The first-order valence-corrected chi connectivity index (χ1v) is 6.99. The van der Waals surface area contributed by atoms with Crippen LogP contribution in [-0.4, -0.2) is 24.6 Å². The third kappa shape index (κ3) is 2.52. The number of hydrogen-bond acceptors (Lipinski definition) is 3. The van der Waals surface area contributed by atoms with E-state index < -0.39 is 22.0 Å². The van der Waals surface area contributed by atoms with E-state index >= 15 is 0 Å². The van der Waals surface area contributed by atoms with Gasteiger partial charge >= 0.3 is 0 Å². The minimum atomic E-state index is -3.91. The summed E-state index contributed by atoms with van der Waals surface area (Å²) in [6, 6.07) is 0. The van der Waals surface area contributed by atoms with Crippen molar-refractivity contribution in [1.82, 2.24) is 9.78 Å². The van der Waals surface area contributed by atoms with Crippen LogP contribution in [0.25, 0.3) is 0 Å². The lowest BCUT2D eigenvalue weighted by atomic mass is 10.3. The minimum Gasteiger partial charge on any atom is -0.265 e. The fraction of sp³-hybridized carbons (Fsp3) is 0.625. The summed E-state index contributed by atoms with van der Waals surface area (Å²) >= 11 is 0. The van der Waals surface area contributed by atoms with E-state index in [0.29, 0.717) is 5.69 Å². The molecule has 0 N–H and O–H groups in total. The van der Waals surface area contributed by atoms with Crippen LogP contribution in [0.4, 0.5) is 8.78 Å². The van der Waals surface area contributed by atoms with E-state index in [4.69, 9.17) is 10.7 Å². The van der Waals surface area contributed by atoms with Crippen molar-refractivity contribution in [2.24, 2.45) is 0 Å². The number of alkyl halides is 2. The molecule has 1 saturated carbocycles. The van der Waals surface area contributed by atoms with Gasteiger partial charge in [0.25, 0.3) is 15.5 Å². The second kappa shape index (κ2) is 3.96. The molecule has 1 fully saturated rings. The van der Waals surface area contributed by atoms with Crippen molar-refractivity contribution in [3.05, 3.63) is 11.9 Å². The molecule has 8 heteroatoms. The lowest BCUT2D eigenvalue weighted by Gasteiger charge is -1.97. The van der Waals surface area contributed by atoms with Gasteiger partial charge in [0.2, 0.25) is 0 Å². The Labute approximate surface area is 95.6 Å². The molecule has 1 aromatic heterocycles. The molecular formula is C8H9ClF2N2O2S. The summed E-state index contributed by atoms with van der Waals surface area (Å²) in [5.74, 6) is 0.0439. The zero-order chi connectivity index (χ0) is 11.9. The molecule has 0 saturated heterocycles. The SMILES string of the molecule is O=S(=O)(Cl)c1cn(CC(F)F)nc1C1CC1. The highest BCUT2D eigenvalue weighted by atomic mass is 35.7. The Kier molecular flexibility index (Phi) is 2.91. The van der Waals surface area contributed by atoms with Crippen LogP contribution in [0.3, 0.4) is 0 Å². The largest absolute Gasteiger partial charge is 0.265 e. The number of aromatic nitrogens is 2. The summed E-state index contributed by atoms with van der Waals surface area (Å²) in [4.78, 5) is -0.141. The van der Waals surface area contributed by atoms with Crippen LogP contribution in [-0.2, 0) is 15.6 Å². The topological polar surface area (TPSA) is 52.0 Å². The monoisotopic (exact) mass is 270 g/mol. The molecule has 1 heterocycles. The molecule has 4 nitrogen and oxygen atoms in total. The van der Waals surface area contributed by atoms with Crippen LogP contribution >= 0.6 is 10.7 Å². The Hall–Kier alpha value is -0.690. The molecular weight excluding hydrogens is 262 g/mol. The Morgan fingerprint density at radius 2 is 2.19 bits per heavy atom. The Balaban J connectivity index is 2.38. The number of halogens is 3. The van der Waals surface area contributed by atoms with E-state index in [1.54, 1.807) is 0 Å². The Morgan fingerprint density at radius 1 is 1.56 bits per heavy atom. The molecule has 1 aliphatic rings. The zero-order valence-corrected chi connectivity index (χ0v) is 9.68. The van der Waals surface area contributed by atoms with Gasteiger partial charge in [-0.1, -0.05) is 0 Å². The normalized spacial score (nSPS) is 17.0. The van der Waals surface area contributed by atoms with Crippen molar-refractivity contribution in [3.63, 3.8) is 0 Å². The second-order valence-electron chi connectivity index (χ2n) is 3.70. The van der Waals surface area contributed by atoms with Crippen molar-refractivity contribution in [3.8, 4) is 0 Å². The highest BCUT2D eigenvalue weighted by molar-refractivity contribution is 8.13. The molecule has 0 unspecified atom stereocenters. The second-order valence-corrected chi connectivity index (χ2v) is 6.24. The third-order valence-corrected chi connectivity index (χ3v) is 3.65. The summed E-state index contributed by atoms with van der Waals surface area (Å²) < 4.78 is 47.6. The predicted octanol–water partition coefficient (Wildman–Crippen LogP) is 1.95. The maximum Gasteiger partial charge on any atom is 0.264 e. The molecule has 90 valence electrons. The molecule has 2 rings (SSSR count). The van der Waals surface area contributed by atoms with Crippen LogP contribution in [0.2, 0.25) is 0 Å². The van der Waals surface area contributed by atoms with Crippen molar-refractivity contribution < 1.29 is 17.2 Å². The number of hydrogen-bond donors (Lipinski definition) is 0. The average molecular weight is 271 g/mol. The first kappa shape index (κ1) is 11.8. The molecule has 16 heavy (non-hydrogen) atoms. The van der Waals surface area contributed by atoms with Crippen LogP contribution in [0, 0.1) is 0 Å². The van der Waals surface area contributed by atoms with E-state index in [1.807, 2.05) is 0 Å². The highest BCUT2D eigenvalue weighted by Crippen LogP contribution is 2.42. The molecule has 0 amide bonds. The van der Waals surface area contributed by atoms with Gasteiger partial charge in [0.1, 0.15) is 11.4 Å². The van der Waals surface area contributed by atoms with Gasteiger partial charge in [-0.05, 0) is 12.8 Å². The lowest BCUT2D eigenvalue weighted by Crippen LogP contribution is -2.07. The van der Waals surface area contributed by atoms with Gasteiger partial charge in [0, 0.05) is 22.8 Å². The van der Waals surface area contributed by atoms with Gasteiger partial charge < -0.3 is 0 Å². The van der Waals surface area contributed by atoms with Crippen LogP contribution in [0.5, 0.6) is 0 Å².